The summed E-state index contributed by atoms with van der Waals surface area (Å²) in [6, 6.07) is 17.8. The second-order valence-corrected chi connectivity index (χ2v) is 9.52. The number of carbonyl (C=O) groups excluding carboxylic acids is 3. The summed E-state index contributed by atoms with van der Waals surface area (Å²) >= 11 is 0. The molecular formula is C27H24N4O3. The zero-order valence-corrected chi connectivity index (χ0v) is 19.1. The predicted molar refractivity (Wildman–Crippen MR) is 129 cm³/mol. The summed E-state index contributed by atoms with van der Waals surface area (Å²) in [6.07, 6.45) is 3.30. The van der Waals surface area contributed by atoms with E-state index in [1.54, 1.807) is 51.5 Å². The number of fused-ring (bicyclic) bond motifs is 1. The SMILES string of the molecule is CC(C)(C)C(=O)C1C(=O)C(=O)N(c2ccc3nc[nH]c3c2)C1c1ccc(-c2ccccn2)cc1. The van der Waals surface area contributed by atoms with Crippen molar-refractivity contribution in [3.05, 3.63) is 78.8 Å². The highest BCUT2D eigenvalue weighted by molar-refractivity contribution is 6.48. The number of imidazole rings is 1. The molecule has 2 unspecified atom stereocenters. The fraction of sp³-hybridized carbons (Fsp3) is 0.222. The van der Waals surface area contributed by atoms with E-state index < -0.39 is 29.1 Å². The number of hydrogen-bond donors (Lipinski definition) is 1. The number of amides is 1. The second kappa shape index (κ2) is 8.02. The highest BCUT2D eigenvalue weighted by Gasteiger charge is 2.54. The molecule has 1 saturated heterocycles. The molecule has 3 heterocycles. The average Bonchev–Trinajstić information content (AvgIpc) is 3.40. The van der Waals surface area contributed by atoms with Gasteiger partial charge in [0.15, 0.2) is 5.78 Å². The molecule has 2 aromatic heterocycles. The number of hydrogen-bond acceptors (Lipinski definition) is 5. The Morgan fingerprint density at radius 2 is 1.74 bits per heavy atom. The number of pyridine rings is 1. The Labute approximate surface area is 196 Å². The molecule has 1 amide bonds. The zero-order valence-electron chi connectivity index (χ0n) is 19.1. The number of anilines is 1. The molecule has 5 rings (SSSR count). The normalized spacial score (nSPS) is 18.6. The third-order valence-corrected chi connectivity index (χ3v) is 6.22. The molecule has 170 valence electrons. The number of rotatable bonds is 4. The van der Waals surface area contributed by atoms with Crippen molar-refractivity contribution in [2.45, 2.75) is 26.8 Å². The fourth-order valence-electron chi connectivity index (χ4n) is 4.48. The van der Waals surface area contributed by atoms with Crippen LogP contribution in [0, 0.1) is 11.3 Å². The van der Waals surface area contributed by atoms with E-state index in [2.05, 4.69) is 15.0 Å². The van der Waals surface area contributed by atoms with Crippen LogP contribution in [0.25, 0.3) is 22.3 Å². The van der Waals surface area contributed by atoms with Crippen LogP contribution < -0.4 is 4.90 Å². The molecule has 7 heteroatoms. The predicted octanol–water partition coefficient (Wildman–Crippen LogP) is 4.51. The lowest BCUT2D eigenvalue weighted by Gasteiger charge is -2.30. The lowest BCUT2D eigenvalue weighted by atomic mass is 9.77. The van der Waals surface area contributed by atoms with E-state index in [4.69, 9.17) is 0 Å². The fourth-order valence-corrected chi connectivity index (χ4v) is 4.48. The Hall–Kier alpha value is -4.13. The minimum absolute atomic E-state index is 0.255. The molecule has 0 radical (unpaired) electrons. The van der Waals surface area contributed by atoms with Gasteiger partial charge < -0.3 is 4.98 Å². The summed E-state index contributed by atoms with van der Waals surface area (Å²) in [5, 5.41) is 0. The molecule has 1 aliphatic rings. The first-order valence-corrected chi connectivity index (χ1v) is 11.1. The Morgan fingerprint density at radius 1 is 0.971 bits per heavy atom. The number of nitrogens with one attached hydrogen (secondary N) is 1. The highest BCUT2D eigenvalue weighted by Crippen LogP contribution is 2.43. The molecule has 0 saturated carbocycles. The topological polar surface area (TPSA) is 96.0 Å². The number of H-pyrrole nitrogens is 1. The van der Waals surface area contributed by atoms with Gasteiger partial charge >= 0.3 is 0 Å². The number of benzene rings is 2. The number of nitrogens with zero attached hydrogens (tertiary/aromatic N) is 3. The number of carbonyl (C=O) groups is 3. The maximum absolute atomic E-state index is 13.4. The summed E-state index contributed by atoms with van der Waals surface area (Å²) in [4.78, 5) is 53.0. The smallest absolute Gasteiger partial charge is 0.295 e. The van der Waals surface area contributed by atoms with Crippen molar-refractivity contribution in [1.29, 1.82) is 0 Å². The van der Waals surface area contributed by atoms with Crippen molar-refractivity contribution in [2.24, 2.45) is 11.3 Å². The number of aromatic amines is 1. The van der Waals surface area contributed by atoms with E-state index in [9.17, 15) is 14.4 Å². The molecular weight excluding hydrogens is 428 g/mol. The highest BCUT2D eigenvalue weighted by atomic mass is 16.2. The number of Topliss-reactive ketones (excluding diaryl/α,β-unsaturated/α-hetero) is 2. The molecule has 1 aliphatic heterocycles. The summed E-state index contributed by atoms with van der Waals surface area (Å²) in [6.45, 7) is 5.31. The first-order valence-electron chi connectivity index (χ1n) is 11.1. The van der Waals surface area contributed by atoms with Gasteiger partial charge in [-0.2, -0.15) is 0 Å². The Kier molecular flexibility index (Phi) is 5.12. The van der Waals surface area contributed by atoms with Gasteiger partial charge in [-0.15, -0.1) is 0 Å². The van der Waals surface area contributed by atoms with Crippen molar-refractivity contribution in [1.82, 2.24) is 15.0 Å². The number of aromatic nitrogens is 3. The van der Waals surface area contributed by atoms with E-state index in [0.717, 1.165) is 22.3 Å². The average molecular weight is 453 g/mol. The first kappa shape index (κ1) is 21.7. The molecule has 2 aromatic carbocycles. The van der Waals surface area contributed by atoms with Gasteiger partial charge in [-0.25, -0.2) is 4.98 Å². The van der Waals surface area contributed by atoms with Crippen LogP contribution in [0.1, 0.15) is 32.4 Å². The third kappa shape index (κ3) is 3.59. The van der Waals surface area contributed by atoms with Gasteiger partial charge in [0.1, 0.15) is 5.92 Å². The van der Waals surface area contributed by atoms with Crippen LogP contribution in [0.4, 0.5) is 5.69 Å². The van der Waals surface area contributed by atoms with Crippen LogP contribution in [0.2, 0.25) is 0 Å². The van der Waals surface area contributed by atoms with Crippen LogP contribution >= 0.6 is 0 Å². The van der Waals surface area contributed by atoms with Gasteiger partial charge in [0.25, 0.3) is 5.91 Å². The maximum atomic E-state index is 13.4. The van der Waals surface area contributed by atoms with E-state index in [1.807, 2.05) is 42.5 Å². The molecule has 0 spiro atoms. The minimum atomic E-state index is -1.09. The summed E-state index contributed by atoms with van der Waals surface area (Å²) < 4.78 is 0. The van der Waals surface area contributed by atoms with Gasteiger partial charge in [0.2, 0.25) is 5.78 Å². The molecule has 1 N–H and O–H groups in total. The van der Waals surface area contributed by atoms with Gasteiger partial charge in [-0.1, -0.05) is 51.1 Å². The molecule has 0 aliphatic carbocycles. The monoisotopic (exact) mass is 452 g/mol. The quantitative estimate of drug-likeness (QED) is 0.363. The first-order chi connectivity index (χ1) is 16.3. The summed E-state index contributed by atoms with van der Waals surface area (Å²) in [5.41, 5.74) is 3.69. The van der Waals surface area contributed by atoms with Gasteiger partial charge in [0.05, 0.1) is 29.1 Å². The van der Waals surface area contributed by atoms with Crippen molar-refractivity contribution in [2.75, 3.05) is 4.90 Å². The second-order valence-electron chi connectivity index (χ2n) is 9.52. The van der Waals surface area contributed by atoms with Crippen molar-refractivity contribution < 1.29 is 14.4 Å². The molecule has 34 heavy (non-hydrogen) atoms. The van der Waals surface area contributed by atoms with Crippen molar-refractivity contribution in [3.8, 4) is 11.3 Å². The Morgan fingerprint density at radius 3 is 2.41 bits per heavy atom. The van der Waals surface area contributed by atoms with Gasteiger partial charge in [-0.05, 0) is 35.9 Å². The minimum Gasteiger partial charge on any atom is -0.345 e. The van der Waals surface area contributed by atoms with E-state index in [-0.39, 0.29) is 5.78 Å². The standard InChI is InChI=1S/C27H24N4O3/c1-27(2,3)25(33)22-23(17-9-7-16(8-10-17)19-6-4-5-13-28-19)31(26(34)24(22)32)18-11-12-20-21(14-18)30-15-29-20/h4-15,22-23H,1-3H3,(H,29,30). The molecule has 2 atom stereocenters. The van der Waals surface area contributed by atoms with Gasteiger partial charge in [0, 0.05) is 22.9 Å². The van der Waals surface area contributed by atoms with E-state index in [0.29, 0.717) is 11.3 Å². The lowest BCUT2D eigenvalue weighted by Crippen LogP contribution is -2.35. The Balaban J connectivity index is 1.63. The van der Waals surface area contributed by atoms with Crippen LogP contribution in [0.3, 0.4) is 0 Å². The zero-order chi connectivity index (χ0) is 24.0. The van der Waals surface area contributed by atoms with Gasteiger partial charge in [-0.3, -0.25) is 24.3 Å². The molecule has 7 nitrogen and oxygen atoms in total. The Bertz CT molecular complexity index is 1400. The molecule has 0 bridgehead atoms. The molecule has 4 aromatic rings. The summed E-state index contributed by atoms with van der Waals surface area (Å²) in [5.74, 6) is -2.70. The van der Waals surface area contributed by atoms with Crippen molar-refractivity contribution >= 4 is 34.2 Å². The van der Waals surface area contributed by atoms with Crippen LogP contribution in [0.5, 0.6) is 0 Å². The van der Waals surface area contributed by atoms with Crippen LogP contribution in [-0.2, 0) is 14.4 Å². The summed E-state index contributed by atoms with van der Waals surface area (Å²) in [7, 11) is 0. The molecule has 1 fully saturated rings. The van der Waals surface area contributed by atoms with Crippen LogP contribution in [-0.4, -0.2) is 32.4 Å². The van der Waals surface area contributed by atoms with E-state index in [1.165, 1.54) is 4.90 Å². The maximum Gasteiger partial charge on any atom is 0.295 e. The van der Waals surface area contributed by atoms with Crippen molar-refractivity contribution in [3.63, 3.8) is 0 Å². The largest absolute Gasteiger partial charge is 0.345 e. The number of ketones is 2. The lowest BCUT2D eigenvalue weighted by molar-refractivity contribution is -0.141. The third-order valence-electron chi connectivity index (χ3n) is 6.22. The van der Waals surface area contributed by atoms with E-state index >= 15 is 0 Å². The van der Waals surface area contributed by atoms with Crippen LogP contribution in [0.15, 0.2) is 73.2 Å².